The number of rotatable bonds is 5. The molecule has 1 aromatic carbocycles. The standard InChI is InChI=1S/C15H14BrClFN3O/c16-10-3-4-12(18)11(7-10)15(9-1-2-9,20-14(22)8-17)13-5-6-19-21-13/h3-7,9H,1-2,8H2,(H,19,21)(H,20,22)/t15-/m1/s1. The van der Waals surface area contributed by atoms with Gasteiger partial charge in [0.05, 0.1) is 5.69 Å². The Labute approximate surface area is 140 Å². The molecular weight excluding hydrogens is 373 g/mol. The van der Waals surface area contributed by atoms with Gasteiger partial charge < -0.3 is 5.32 Å². The third-order valence-corrected chi connectivity index (χ3v) is 4.64. The van der Waals surface area contributed by atoms with E-state index < -0.39 is 5.54 Å². The van der Waals surface area contributed by atoms with Crippen molar-refractivity contribution in [3.8, 4) is 0 Å². The van der Waals surface area contributed by atoms with E-state index in [0.29, 0.717) is 11.3 Å². The van der Waals surface area contributed by atoms with Crippen molar-refractivity contribution < 1.29 is 9.18 Å². The highest BCUT2D eigenvalue weighted by molar-refractivity contribution is 9.10. The summed E-state index contributed by atoms with van der Waals surface area (Å²) in [5, 5.41) is 9.88. The second kappa shape index (κ2) is 6.01. The summed E-state index contributed by atoms with van der Waals surface area (Å²) < 4.78 is 15.3. The van der Waals surface area contributed by atoms with Crippen LogP contribution in [0, 0.1) is 11.7 Å². The van der Waals surface area contributed by atoms with Gasteiger partial charge in [-0.3, -0.25) is 9.89 Å². The molecule has 1 aromatic heterocycles. The summed E-state index contributed by atoms with van der Waals surface area (Å²) in [7, 11) is 0. The SMILES string of the molecule is O=C(CCl)N[C@@](c1cc[nH]n1)(c1cc(Br)ccc1F)C1CC1. The molecule has 1 amide bonds. The molecule has 0 unspecified atom stereocenters. The van der Waals surface area contributed by atoms with E-state index in [1.807, 2.05) is 0 Å². The number of aromatic nitrogens is 2. The molecule has 1 aliphatic carbocycles. The second-order valence-electron chi connectivity index (χ2n) is 5.35. The molecule has 0 spiro atoms. The minimum atomic E-state index is -1.00. The third kappa shape index (κ3) is 2.65. The van der Waals surface area contributed by atoms with E-state index in [-0.39, 0.29) is 23.5 Å². The Kier molecular flexibility index (Phi) is 4.23. The van der Waals surface area contributed by atoms with Crippen molar-refractivity contribution in [3.05, 3.63) is 52.0 Å². The van der Waals surface area contributed by atoms with Crippen LogP contribution in [0.1, 0.15) is 24.1 Å². The van der Waals surface area contributed by atoms with Crippen LogP contribution in [0.25, 0.3) is 0 Å². The number of carbonyl (C=O) groups is 1. The van der Waals surface area contributed by atoms with Gasteiger partial charge >= 0.3 is 0 Å². The molecule has 4 nitrogen and oxygen atoms in total. The van der Waals surface area contributed by atoms with E-state index in [0.717, 1.165) is 17.3 Å². The number of amides is 1. The quantitative estimate of drug-likeness (QED) is 0.775. The predicted octanol–water partition coefficient (Wildman–Crippen LogP) is 3.32. The fraction of sp³-hybridized carbons (Fsp3) is 0.333. The summed E-state index contributed by atoms with van der Waals surface area (Å²) in [5.41, 5.74) is -0.0137. The summed E-state index contributed by atoms with van der Waals surface area (Å²) in [6.07, 6.45) is 3.44. The Morgan fingerprint density at radius 3 is 2.86 bits per heavy atom. The van der Waals surface area contributed by atoms with E-state index in [9.17, 15) is 9.18 Å². The number of nitrogens with zero attached hydrogens (tertiary/aromatic N) is 1. The number of H-pyrrole nitrogens is 1. The average Bonchev–Trinajstić information content (AvgIpc) is 3.22. The van der Waals surface area contributed by atoms with Crippen LogP contribution >= 0.6 is 27.5 Å². The summed E-state index contributed by atoms with van der Waals surface area (Å²) in [5.74, 6) is -0.829. The van der Waals surface area contributed by atoms with Crippen LogP contribution < -0.4 is 5.32 Å². The van der Waals surface area contributed by atoms with Gasteiger partial charge in [-0.1, -0.05) is 15.9 Å². The van der Waals surface area contributed by atoms with Crippen molar-refractivity contribution in [1.82, 2.24) is 15.5 Å². The number of hydrogen-bond acceptors (Lipinski definition) is 2. The monoisotopic (exact) mass is 385 g/mol. The predicted molar refractivity (Wildman–Crippen MR) is 85.1 cm³/mol. The normalized spacial score (nSPS) is 17.0. The van der Waals surface area contributed by atoms with Crippen LogP contribution in [-0.2, 0) is 10.3 Å². The highest BCUT2D eigenvalue weighted by Crippen LogP contribution is 2.50. The van der Waals surface area contributed by atoms with Gasteiger partial charge in [0.2, 0.25) is 5.91 Å². The molecule has 1 atom stereocenters. The van der Waals surface area contributed by atoms with Crippen LogP contribution in [0.3, 0.4) is 0 Å². The van der Waals surface area contributed by atoms with Gasteiger partial charge in [-0.05, 0) is 43.0 Å². The van der Waals surface area contributed by atoms with E-state index in [1.54, 1.807) is 24.4 Å². The first-order valence-corrected chi connectivity index (χ1v) is 8.23. The molecule has 0 aliphatic heterocycles. The zero-order valence-corrected chi connectivity index (χ0v) is 13.9. The Morgan fingerprint density at radius 1 is 1.50 bits per heavy atom. The van der Waals surface area contributed by atoms with Crippen molar-refractivity contribution >= 4 is 33.4 Å². The highest BCUT2D eigenvalue weighted by atomic mass is 79.9. The summed E-state index contributed by atoms with van der Waals surface area (Å²) in [6.45, 7) is 0. The molecule has 1 saturated carbocycles. The van der Waals surface area contributed by atoms with Crippen molar-refractivity contribution in [2.45, 2.75) is 18.4 Å². The summed E-state index contributed by atoms with van der Waals surface area (Å²) >= 11 is 9.03. The van der Waals surface area contributed by atoms with Crippen LogP contribution in [0.5, 0.6) is 0 Å². The number of hydrogen-bond donors (Lipinski definition) is 2. The molecule has 1 heterocycles. The zero-order chi connectivity index (χ0) is 15.7. The third-order valence-electron chi connectivity index (χ3n) is 3.91. The van der Waals surface area contributed by atoms with Gasteiger partial charge in [-0.25, -0.2) is 4.39 Å². The largest absolute Gasteiger partial charge is 0.339 e. The lowest BCUT2D eigenvalue weighted by atomic mass is 9.81. The van der Waals surface area contributed by atoms with Crippen LogP contribution in [-0.4, -0.2) is 22.0 Å². The molecular formula is C15H14BrClFN3O. The first-order chi connectivity index (χ1) is 10.6. The van der Waals surface area contributed by atoms with E-state index in [2.05, 4.69) is 31.4 Å². The van der Waals surface area contributed by atoms with Crippen molar-refractivity contribution in [1.29, 1.82) is 0 Å². The molecule has 0 radical (unpaired) electrons. The number of carbonyl (C=O) groups excluding carboxylic acids is 1. The lowest BCUT2D eigenvalue weighted by Gasteiger charge is -2.34. The van der Waals surface area contributed by atoms with Crippen LogP contribution in [0.15, 0.2) is 34.9 Å². The van der Waals surface area contributed by atoms with Crippen LogP contribution in [0.4, 0.5) is 4.39 Å². The number of alkyl halides is 1. The average molecular weight is 387 g/mol. The lowest BCUT2D eigenvalue weighted by molar-refractivity contribution is -0.120. The molecule has 0 saturated heterocycles. The van der Waals surface area contributed by atoms with Gasteiger partial charge in [0, 0.05) is 16.2 Å². The number of aromatic amines is 1. The van der Waals surface area contributed by atoms with E-state index >= 15 is 0 Å². The number of nitrogens with one attached hydrogen (secondary N) is 2. The first kappa shape index (κ1) is 15.5. The molecule has 116 valence electrons. The maximum atomic E-state index is 14.6. The maximum absolute atomic E-state index is 14.6. The topological polar surface area (TPSA) is 57.8 Å². The number of halogens is 3. The molecule has 0 bridgehead atoms. The minimum absolute atomic E-state index is 0.0896. The van der Waals surface area contributed by atoms with Gasteiger partial charge in [0.1, 0.15) is 17.2 Å². The molecule has 2 aromatic rings. The first-order valence-electron chi connectivity index (χ1n) is 6.90. The van der Waals surface area contributed by atoms with Crippen molar-refractivity contribution in [2.24, 2.45) is 5.92 Å². The Bertz CT molecular complexity index is 690. The van der Waals surface area contributed by atoms with Crippen molar-refractivity contribution in [2.75, 3.05) is 5.88 Å². The van der Waals surface area contributed by atoms with Gasteiger partial charge in [0.15, 0.2) is 0 Å². The molecule has 22 heavy (non-hydrogen) atoms. The maximum Gasteiger partial charge on any atom is 0.235 e. The van der Waals surface area contributed by atoms with Gasteiger partial charge in [0.25, 0.3) is 0 Å². The smallest absolute Gasteiger partial charge is 0.235 e. The summed E-state index contributed by atoms with van der Waals surface area (Å²) in [6, 6.07) is 6.46. The van der Waals surface area contributed by atoms with Gasteiger partial charge in [-0.2, -0.15) is 5.10 Å². The molecule has 3 rings (SSSR count). The van der Waals surface area contributed by atoms with Crippen molar-refractivity contribution in [3.63, 3.8) is 0 Å². The molecule has 1 fully saturated rings. The summed E-state index contributed by atoms with van der Waals surface area (Å²) in [4.78, 5) is 12.0. The fourth-order valence-corrected chi connectivity index (χ4v) is 3.28. The Morgan fingerprint density at radius 2 is 2.27 bits per heavy atom. The number of benzene rings is 1. The Hall–Kier alpha value is -1.40. The second-order valence-corrected chi connectivity index (χ2v) is 6.53. The zero-order valence-electron chi connectivity index (χ0n) is 11.6. The molecule has 1 aliphatic rings. The fourth-order valence-electron chi connectivity index (χ4n) is 2.85. The molecule has 7 heteroatoms. The highest BCUT2D eigenvalue weighted by Gasteiger charge is 2.51. The lowest BCUT2D eigenvalue weighted by Crippen LogP contribution is -2.50. The Balaban J connectivity index is 2.21. The van der Waals surface area contributed by atoms with E-state index in [4.69, 9.17) is 11.6 Å². The molecule has 2 N–H and O–H groups in total. The van der Waals surface area contributed by atoms with E-state index in [1.165, 1.54) is 6.07 Å². The van der Waals surface area contributed by atoms with Crippen LogP contribution in [0.2, 0.25) is 0 Å². The minimum Gasteiger partial charge on any atom is -0.339 e. The van der Waals surface area contributed by atoms with Gasteiger partial charge in [-0.15, -0.1) is 11.6 Å².